The third kappa shape index (κ3) is 4.71. The standard InChI is InChI=1S/C21H29N2O3.HI/c1-17-22(2)14-15-23(17)13-8-16-26-20(24)21(25,19-11-6-7-12-19)18-9-4-3-5-10-18;/h3-5,9-10,14-15,19,25H,6-8,11-13,16H2,1-2H3;1H/q+1;/p-1. The van der Waals surface area contributed by atoms with Crippen LogP contribution in [0.3, 0.4) is 0 Å². The van der Waals surface area contributed by atoms with E-state index in [2.05, 4.69) is 16.1 Å². The molecule has 0 saturated heterocycles. The molecule has 5 nitrogen and oxygen atoms in total. The van der Waals surface area contributed by atoms with Crippen LogP contribution in [0.25, 0.3) is 0 Å². The molecular weight excluding hydrogens is 455 g/mol. The molecule has 1 aliphatic rings. The maximum Gasteiger partial charge on any atom is 0.343 e. The number of carbonyl (C=O) groups excluding carboxylic acids is 1. The molecule has 1 fully saturated rings. The summed E-state index contributed by atoms with van der Waals surface area (Å²) >= 11 is 0. The predicted molar refractivity (Wildman–Crippen MR) is 98.2 cm³/mol. The minimum atomic E-state index is -1.53. The van der Waals surface area contributed by atoms with Gasteiger partial charge in [-0.05, 0) is 18.4 Å². The number of hydrogen-bond acceptors (Lipinski definition) is 3. The lowest BCUT2D eigenvalue weighted by atomic mass is 9.80. The van der Waals surface area contributed by atoms with Crippen LogP contribution in [0, 0.1) is 12.8 Å². The Balaban J connectivity index is 0.00000261. The van der Waals surface area contributed by atoms with Gasteiger partial charge >= 0.3 is 5.97 Å². The molecule has 1 aromatic carbocycles. The molecule has 3 rings (SSSR count). The fourth-order valence-electron chi connectivity index (χ4n) is 3.90. The van der Waals surface area contributed by atoms with Gasteiger partial charge in [-0.15, -0.1) is 0 Å². The van der Waals surface area contributed by atoms with Gasteiger partial charge in [-0.25, -0.2) is 13.9 Å². The number of nitrogens with zero attached hydrogens (tertiary/aromatic N) is 2. The summed E-state index contributed by atoms with van der Waals surface area (Å²) in [5, 5.41) is 11.3. The molecule has 1 saturated carbocycles. The topological polar surface area (TPSA) is 55.3 Å². The molecule has 6 heteroatoms. The molecule has 0 aliphatic heterocycles. The molecule has 1 aromatic heterocycles. The fraction of sp³-hybridized carbons (Fsp3) is 0.524. The summed E-state index contributed by atoms with van der Waals surface area (Å²) in [6.07, 6.45) is 8.58. The number of rotatable bonds is 7. The summed E-state index contributed by atoms with van der Waals surface area (Å²) in [6.45, 7) is 3.15. The lowest BCUT2D eigenvalue weighted by molar-refractivity contribution is -0.677. The zero-order valence-electron chi connectivity index (χ0n) is 16.1. The van der Waals surface area contributed by atoms with E-state index in [1.54, 1.807) is 0 Å². The molecule has 1 atom stereocenters. The van der Waals surface area contributed by atoms with Gasteiger partial charge in [0.15, 0.2) is 5.60 Å². The molecule has 1 unspecified atom stereocenters. The zero-order chi connectivity index (χ0) is 18.6. The Kier molecular flexibility index (Phi) is 7.85. The fourth-order valence-corrected chi connectivity index (χ4v) is 3.90. The second-order valence-electron chi connectivity index (χ2n) is 7.25. The molecule has 2 aromatic rings. The van der Waals surface area contributed by atoms with E-state index in [-0.39, 0.29) is 29.9 Å². The van der Waals surface area contributed by atoms with Crippen LogP contribution in [0.1, 0.15) is 43.5 Å². The van der Waals surface area contributed by atoms with E-state index in [4.69, 9.17) is 4.74 Å². The predicted octanol–water partition coefficient (Wildman–Crippen LogP) is -0.364. The second kappa shape index (κ2) is 9.68. The van der Waals surface area contributed by atoms with E-state index in [1.807, 2.05) is 49.8 Å². The Labute approximate surface area is 178 Å². The Morgan fingerprint density at radius 2 is 1.96 bits per heavy atom. The summed E-state index contributed by atoms with van der Waals surface area (Å²) in [5.74, 6) is 0.580. The van der Waals surface area contributed by atoms with Crippen LogP contribution in [0.2, 0.25) is 0 Å². The number of imidazole rings is 1. The van der Waals surface area contributed by atoms with Crippen LogP contribution in [-0.4, -0.2) is 22.2 Å². The molecule has 0 bridgehead atoms. The minimum Gasteiger partial charge on any atom is -1.00 e. The Morgan fingerprint density at radius 1 is 1.30 bits per heavy atom. The maximum absolute atomic E-state index is 12.9. The van der Waals surface area contributed by atoms with Crippen molar-refractivity contribution in [2.45, 2.75) is 51.2 Å². The third-order valence-corrected chi connectivity index (χ3v) is 5.64. The van der Waals surface area contributed by atoms with E-state index < -0.39 is 11.6 Å². The van der Waals surface area contributed by atoms with Crippen LogP contribution in [0.4, 0.5) is 0 Å². The SMILES string of the molecule is Cc1n(CCCOC(=O)C(O)(c2ccccc2)C2CCCC2)cc[n+]1C.[I-]. The molecule has 1 N–H and O–H groups in total. The Morgan fingerprint density at radius 3 is 2.56 bits per heavy atom. The van der Waals surface area contributed by atoms with Gasteiger partial charge in [-0.1, -0.05) is 43.2 Å². The van der Waals surface area contributed by atoms with Gasteiger partial charge in [0.2, 0.25) is 0 Å². The van der Waals surface area contributed by atoms with Crippen molar-refractivity contribution in [3.63, 3.8) is 0 Å². The van der Waals surface area contributed by atoms with E-state index in [9.17, 15) is 9.90 Å². The van der Waals surface area contributed by atoms with Crippen molar-refractivity contribution < 1.29 is 43.2 Å². The van der Waals surface area contributed by atoms with Crippen LogP contribution in [0.15, 0.2) is 42.7 Å². The Hall–Kier alpha value is -1.41. The van der Waals surface area contributed by atoms with E-state index >= 15 is 0 Å². The first kappa shape index (κ1) is 21.9. The van der Waals surface area contributed by atoms with Crippen LogP contribution in [0.5, 0.6) is 0 Å². The highest BCUT2D eigenvalue weighted by Crippen LogP contribution is 2.41. The number of hydrogen-bond donors (Lipinski definition) is 1. The van der Waals surface area contributed by atoms with Crippen LogP contribution in [-0.2, 0) is 28.7 Å². The monoisotopic (exact) mass is 484 g/mol. The number of benzene rings is 1. The van der Waals surface area contributed by atoms with Crippen molar-refractivity contribution in [3.8, 4) is 0 Å². The highest BCUT2D eigenvalue weighted by molar-refractivity contribution is 5.81. The first-order valence-corrected chi connectivity index (χ1v) is 9.50. The van der Waals surface area contributed by atoms with Gasteiger partial charge < -0.3 is 33.8 Å². The van der Waals surface area contributed by atoms with Gasteiger partial charge in [0.05, 0.1) is 20.2 Å². The largest absolute Gasteiger partial charge is 1.00 e. The quantitative estimate of drug-likeness (QED) is 0.253. The summed E-state index contributed by atoms with van der Waals surface area (Å²) in [4.78, 5) is 12.9. The number of aliphatic hydroxyl groups is 1. The van der Waals surface area contributed by atoms with Gasteiger partial charge in [-0.3, -0.25) is 0 Å². The molecule has 1 aliphatic carbocycles. The zero-order valence-corrected chi connectivity index (χ0v) is 18.3. The summed E-state index contributed by atoms with van der Waals surface area (Å²) < 4.78 is 9.72. The van der Waals surface area contributed by atoms with Crippen molar-refractivity contribution in [1.82, 2.24) is 4.57 Å². The number of ether oxygens (including phenoxy) is 1. The van der Waals surface area contributed by atoms with Crippen LogP contribution < -0.4 is 28.5 Å². The Bertz CT molecular complexity index is 741. The van der Waals surface area contributed by atoms with Crippen molar-refractivity contribution >= 4 is 5.97 Å². The molecule has 1 heterocycles. The third-order valence-electron chi connectivity index (χ3n) is 5.64. The summed E-state index contributed by atoms with van der Waals surface area (Å²) in [6, 6.07) is 9.25. The normalized spacial score (nSPS) is 16.6. The summed E-state index contributed by atoms with van der Waals surface area (Å²) in [5.41, 5.74) is -0.890. The van der Waals surface area contributed by atoms with Crippen molar-refractivity contribution in [2.24, 2.45) is 13.0 Å². The van der Waals surface area contributed by atoms with E-state index in [0.717, 1.165) is 44.5 Å². The van der Waals surface area contributed by atoms with E-state index in [0.29, 0.717) is 12.2 Å². The highest BCUT2D eigenvalue weighted by atomic mass is 127. The average Bonchev–Trinajstić information content (AvgIpc) is 3.31. The number of carbonyl (C=O) groups is 1. The lowest BCUT2D eigenvalue weighted by Gasteiger charge is -2.32. The van der Waals surface area contributed by atoms with Crippen LogP contribution >= 0.6 is 0 Å². The molecule has 148 valence electrons. The first-order valence-electron chi connectivity index (χ1n) is 9.50. The average molecular weight is 484 g/mol. The highest BCUT2D eigenvalue weighted by Gasteiger charge is 2.47. The van der Waals surface area contributed by atoms with Gasteiger partial charge in [0, 0.05) is 19.3 Å². The lowest BCUT2D eigenvalue weighted by Crippen LogP contribution is -3.00. The number of aromatic nitrogens is 2. The minimum absolute atomic E-state index is 0. The first-order chi connectivity index (χ1) is 12.5. The van der Waals surface area contributed by atoms with Crippen molar-refractivity contribution in [1.29, 1.82) is 0 Å². The second-order valence-corrected chi connectivity index (χ2v) is 7.25. The maximum atomic E-state index is 12.9. The molecule has 0 spiro atoms. The van der Waals surface area contributed by atoms with Gasteiger partial charge in [0.1, 0.15) is 12.4 Å². The molecule has 27 heavy (non-hydrogen) atoms. The van der Waals surface area contributed by atoms with Gasteiger partial charge in [-0.2, -0.15) is 0 Å². The van der Waals surface area contributed by atoms with Crippen molar-refractivity contribution in [3.05, 3.63) is 54.1 Å². The summed E-state index contributed by atoms with van der Waals surface area (Å²) in [7, 11) is 2.01. The van der Waals surface area contributed by atoms with Crippen molar-refractivity contribution in [2.75, 3.05) is 6.61 Å². The van der Waals surface area contributed by atoms with Gasteiger partial charge in [0.25, 0.3) is 5.82 Å². The molecule has 0 amide bonds. The number of aryl methyl sites for hydroxylation is 2. The number of halogens is 1. The molecular formula is C21H29IN2O3. The molecule has 0 radical (unpaired) electrons. The van der Waals surface area contributed by atoms with E-state index in [1.165, 1.54) is 0 Å². The smallest absolute Gasteiger partial charge is 0.343 e. The number of esters is 1.